The van der Waals surface area contributed by atoms with E-state index in [0.29, 0.717) is 6.54 Å². The molecule has 0 spiro atoms. The molecule has 0 unspecified atom stereocenters. The van der Waals surface area contributed by atoms with E-state index in [4.69, 9.17) is 5.26 Å². The van der Waals surface area contributed by atoms with Gasteiger partial charge in [-0.05, 0) is 12.7 Å². The second kappa shape index (κ2) is 10.4. The van der Waals surface area contributed by atoms with Crippen molar-refractivity contribution in [2.45, 2.75) is 6.42 Å². The van der Waals surface area contributed by atoms with E-state index in [-0.39, 0.29) is 0 Å². The Bertz CT molecular complexity index is 226. The Labute approximate surface area is 117 Å². The van der Waals surface area contributed by atoms with E-state index in [1.165, 1.54) is 17.9 Å². The fourth-order valence-electron chi connectivity index (χ4n) is 1.54. The van der Waals surface area contributed by atoms with Crippen molar-refractivity contribution in [2.75, 3.05) is 50.5 Å². The highest BCUT2D eigenvalue weighted by atomic mass is 32.2. The van der Waals surface area contributed by atoms with Crippen LogP contribution < -0.4 is 4.13 Å². The smallest absolute Gasteiger partial charge is 0.0866 e. The minimum absolute atomic E-state index is 0.579. The summed E-state index contributed by atoms with van der Waals surface area (Å²) in [6.07, 6.45) is 3.28. The normalized spacial score (nSPS) is 18.1. The van der Waals surface area contributed by atoms with Crippen molar-refractivity contribution < 1.29 is 0 Å². The quantitative estimate of drug-likeness (QED) is 0.415. The van der Waals surface area contributed by atoms with Gasteiger partial charge in [0, 0.05) is 37.7 Å². The SMILES string of the molecule is CSNSCCCSN1CCN(CC#N)CC1. The van der Waals surface area contributed by atoms with Crippen LogP contribution in [-0.4, -0.2) is 59.7 Å². The van der Waals surface area contributed by atoms with Crippen LogP contribution in [0.25, 0.3) is 0 Å². The topological polar surface area (TPSA) is 42.3 Å². The minimum Gasteiger partial charge on any atom is -0.288 e. The summed E-state index contributed by atoms with van der Waals surface area (Å²) in [5, 5.41) is 8.61. The zero-order chi connectivity index (χ0) is 12.3. The second-order valence-corrected chi connectivity index (χ2v) is 6.64. The minimum atomic E-state index is 0.579. The molecule has 98 valence electrons. The van der Waals surface area contributed by atoms with Crippen molar-refractivity contribution in [1.29, 1.82) is 5.26 Å². The summed E-state index contributed by atoms with van der Waals surface area (Å²) in [5.41, 5.74) is 0. The molecule has 0 saturated carbocycles. The van der Waals surface area contributed by atoms with E-state index in [9.17, 15) is 0 Å². The molecule has 0 aromatic carbocycles. The monoisotopic (exact) mass is 292 g/mol. The van der Waals surface area contributed by atoms with Crippen LogP contribution in [0.3, 0.4) is 0 Å². The van der Waals surface area contributed by atoms with Crippen molar-refractivity contribution >= 4 is 35.8 Å². The molecule has 0 bridgehead atoms. The van der Waals surface area contributed by atoms with E-state index in [2.05, 4.69) is 19.4 Å². The van der Waals surface area contributed by atoms with Crippen molar-refractivity contribution in [2.24, 2.45) is 0 Å². The lowest BCUT2D eigenvalue weighted by molar-refractivity contribution is 0.216. The van der Waals surface area contributed by atoms with Crippen LogP contribution in [0.5, 0.6) is 0 Å². The average molecular weight is 292 g/mol. The third-order valence-electron chi connectivity index (χ3n) is 2.43. The highest BCUT2D eigenvalue weighted by molar-refractivity contribution is 8.12. The summed E-state index contributed by atoms with van der Waals surface area (Å²) < 4.78 is 5.61. The van der Waals surface area contributed by atoms with Crippen molar-refractivity contribution in [3.05, 3.63) is 0 Å². The Morgan fingerprint density at radius 1 is 1.24 bits per heavy atom. The van der Waals surface area contributed by atoms with E-state index in [1.807, 2.05) is 18.2 Å². The molecule has 17 heavy (non-hydrogen) atoms. The summed E-state index contributed by atoms with van der Waals surface area (Å²) in [6.45, 7) is 4.81. The highest BCUT2D eigenvalue weighted by Gasteiger charge is 2.16. The van der Waals surface area contributed by atoms with Crippen LogP contribution in [0.2, 0.25) is 0 Å². The molecule has 1 aliphatic rings. The lowest BCUT2D eigenvalue weighted by atomic mass is 10.4. The predicted octanol–water partition coefficient (Wildman–Crippen LogP) is 1.68. The molecule has 1 aliphatic heterocycles. The molecule has 0 aromatic heterocycles. The van der Waals surface area contributed by atoms with Crippen LogP contribution in [0.4, 0.5) is 0 Å². The molecule has 1 N–H and O–H groups in total. The number of nitrogens with one attached hydrogen (secondary N) is 1. The molecule has 1 rings (SSSR count). The van der Waals surface area contributed by atoms with Gasteiger partial charge in [0.25, 0.3) is 0 Å². The average Bonchev–Trinajstić information content (AvgIpc) is 2.36. The summed E-state index contributed by atoms with van der Waals surface area (Å²) in [4.78, 5) is 2.22. The maximum atomic E-state index is 8.61. The molecule has 7 heteroatoms. The highest BCUT2D eigenvalue weighted by Crippen LogP contribution is 2.15. The van der Waals surface area contributed by atoms with Crippen LogP contribution in [0, 0.1) is 11.3 Å². The number of hydrogen-bond donors (Lipinski definition) is 1. The first kappa shape index (κ1) is 15.5. The number of nitrogens with zero attached hydrogens (tertiary/aromatic N) is 3. The third kappa shape index (κ3) is 7.44. The summed E-state index contributed by atoms with van der Waals surface area (Å²) in [7, 11) is 0. The maximum absolute atomic E-state index is 8.61. The molecule has 0 aromatic rings. The Balaban J connectivity index is 1.94. The van der Waals surface area contributed by atoms with Gasteiger partial charge in [-0.25, -0.2) is 8.43 Å². The lowest BCUT2D eigenvalue weighted by Gasteiger charge is -2.32. The van der Waals surface area contributed by atoms with Crippen molar-refractivity contribution in [3.63, 3.8) is 0 Å². The van der Waals surface area contributed by atoms with Crippen LogP contribution in [-0.2, 0) is 0 Å². The summed E-state index contributed by atoms with van der Waals surface area (Å²) >= 11 is 5.39. The Kier molecular flexibility index (Phi) is 9.43. The molecule has 0 amide bonds. The maximum Gasteiger partial charge on any atom is 0.0866 e. The van der Waals surface area contributed by atoms with Gasteiger partial charge >= 0.3 is 0 Å². The molecule has 0 radical (unpaired) electrons. The van der Waals surface area contributed by atoms with Gasteiger partial charge < -0.3 is 0 Å². The first-order valence-electron chi connectivity index (χ1n) is 5.73. The Hall–Kier alpha value is 0.420. The Morgan fingerprint density at radius 3 is 2.65 bits per heavy atom. The molecular formula is C10H20N4S3. The van der Waals surface area contributed by atoms with Crippen molar-refractivity contribution in [3.8, 4) is 6.07 Å². The van der Waals surface area contributed by atoms with E-state index in [0.717, 1.165) is 26.2 Å². The lowest BCUT2D eigenvalue weighted by Crippen LogP contribution is -2.43. The van der Waals surface area contributed by atoms with Crippen LogP contribution in [0.15, 0.2) is 0 Å². The molecule has 1 saturated heterocycles. The Morgan fingerprint density at radius 2 is 2.00 bits per heavy atom. The third-order valence-corrected chi connectivity index (χ3v) is 5.26. The van der Waals surface area contributed by atoms with E-state index in [1.54, 1.807) is 23.9 Å². The summed E-state index contributed by atoms with van der Waals surface area (Å²) in [5.74, 6) is 2.36. The van der Waals surface area contributed by atoms with Crippen LogP contribution >= 0.6 is 35.8 Å². The number of nitriles is 1. The molecule has 0 atom stereocenters. The first-order valence-corrected chi connectivity index (χ1v) is 8.89. The first-order chi connectivity index (χ1) is 8.36. The van der Waals surface area contributed by atoms with Gasteiger partial charge in [-0.3, -0.25) is 4.90 Å². The zero-order valence-corrected chi connectivity index (χ0v) is 12.7. The van der Waals surface area contributed by atoms with E-state index < -0.39 is 0 Å². The van der Waals surface area contributed by atoms with Crippen molar-refractivity contribution in [1.82, 2.24) is 13.3 Å². The fraction of sp³-hybridized carbons (Fsp3) is 0.900. The molecule has 1 heterocycles. The second-order valence-electron chi connectivity index (χ2n) is 3.69. The van der Waals surface area contributed by atoms with Gasteiger partial charge in [0.15, 0.2) is 0 Å². The number of hydrogen-bond acceptors (Lipinski definition) is 7. The fourth-order valence-corrected chi connectivity index (χ4v) is 3.77. The molecular weight excluding hydrogens is 272 g/mol. The van der Waals surface area contributed by atoms with Gasteiger partial charge in [0.05, 0.1) is 12.6 Å². The van der Waals surface area contributed by atoms with Gasteiger partial charge in [0.1, 0.15) is 0 Å². The molecule has 1 fully saturated rings. The standard InChI is InChI=1S/C10H20N4S3/c1-15-12-16-9-2-10-17-14-7-5-13(4-3-11)6-8-14/h12H,2,4-10H2,1H3. The number of piperazine rings is 1. The van der Waals surface area contributed by atoms with Gasteiger partial charge in [-0.15, -0.1) is 0 Å². The van der Waals surface area contributed by atoms with Crippen LogP contribution in [0.1, 0.15) is 6.42 Å². The molecule has 4 nitrogen and oxygen atoms in total. The summed E-state index contributed by atoms with van der Waals surface area (Å²) in [6, 6.07) is 2.21. The van der Waals surface area contributed by atoms with Gasteiger partial charge in [0.2, 0.25) is 0 Å². The number of rotatable bonds is 8. The predicted molar refractivity (Wildman–Crippen MR) is 79.8 cm³/mol. The zero-order valence-electron chi connectivity index (χ0n) is 10.2. The molecule has 0 aliphatic carbocycles. The van der Waals surface area contributed by atoms with Gasteiger partial charge in [-0.1, -0.05) is 35.8 Å². The van der Waals surface area contributed by atoms with Gasteiger partial charge in [-0.2, -0.15) is 5.26 Å². The van der Waals surface area contributed by atoms with E-state index >= 15 is 0 Å². The largest absolute Gasteiger partial charge is 0.288 e.